The summed E-state index contributed by atoms with van der Waals surface area (Å²) in [7, 11) is 0. The third kappa shape index (κ3) is 4.09. The number of nitrogens with one attached hydrogen (secondary N) is 1. The SMILES string of the molecule is CCC(=O)c1cnn2c(-c3cccc(C(=O)Nc4cccc(C(F)(F)F)c4)c3)ccnc12. The van der Waals surface area contributed by atoms with Gasteiger partial charge in [0.05, 0.1) is 23.0 Å². The molecule has 6 nitrogen and oxygen atoms in total. The Labute approximate surface area is 180 Å². The fraction of sp³-hybridized carbons (Fsp3) is 0.130. The molecule has 32 heavy (non-hydrogen) atoms. The average Bonchev–Trinajstić information content (AvgIpc) is 3.22. The molecule has 0 aliphatic carbocycles. The number of rotatable bonds is 5. The van der Waals surface area contributed by atoms with Crippen LogP contribution in [0, 0.1) is 0 Å². The molecule has 4 rings (SSSR count). The van der Waals surface area contributed by atoms with Crippen molar-refractivity contribution in [1.29, 1.82) is 0 Å². The van der Waals surface area contributed by atoms with Crippen LogP contribution in [0.4, 0.5) is 18.9 Å². The Morgan fingerprint density at radius 1 is 1.06 bits per heavy atom. The Kier molecular flexibility index (Phi) is 5.48. The van der Waals surface area contributed by atoms with E-state index in [1.54, 1.807) is 43.5 Å². The summed E-state index contributed by atoms with van der Waals surface area (Å²) in [6.45, 7) is 1.75. The quantitative estimate of drug-likeness (QED) is 0.431. The predicted molar refractivity (Wildman–Crippen MR) is 112 cm³/mol. The third-order valence-electron chi connectivity index (χ3n) is 4.89. The monoisotopic (exact) mass is 438 g/mol. The van der Waals surface area contributed by atoms with Crippen molar-refractivity contribution in [2.45, 2.75) is 19.5 Å². The van der Waals surface area contributed by atoms with Crippen LogP contribution in [-0.4, -0.2) is 26.3 Å². The highest BCUT2D eigenvalue weighted by Gasteiger charge is 2.30. The van der Waals surface area contributed by atoms with Crippen molar-refractivity contribution in [3.63, 3.8) is 0 Å². The molecule has 0 bridgehead atoms. The molecule has 0 atom stereocenters. The maximum absolute atomic E-state index is 12.9. The first-order valence-corrected chi connectivity index (χ1v) is 9.73. The standard InChI is InChI=1S/C23H17F3N4O2/c1-2-20(31)18-13-28-30-19(9-10-27-21(18)30)14-5-3-6-15(11-14)22(32)29-17-8-4-7-16(12-17)23(24,25)26/h3-13H,2H2,1H3,(H,29,32). The molecule has 2 aromatic heterocycles. The molecular weight excluding hydrogens is 421 g/mol. The van der Waals surface area contributed by atoms with Crippen molar-refractivity contribution in [3.8, 4) is 11.3 Å². The normalized spacial score (nSPS) is 11.5. The van der Waals surface area contributed by atoms with Gasteiger partial charge in [-0.25, -0.2) is 9.50 Å². The van der Waals surface area contributed by atoms with Gasteiger partial charge in [-0.3, -0.25) is 9.59 Å². The van der Waals surface area contributed by atoms with E-state index in [-0.39, 0.29) is 17.0 Å². The highest BCUT2D eigenvalue weighted by molar-refractivity contribution is 6.05. The van der Waals surface area contributed by atoms with E-state index >= 15 is 0 Å². The smallest absolute Gasteiger partial charge is 0.322 e. The Morgan fingerprint density at radius 2 is 1.84 bits per heavy atom. The van der Waals surface area contributed by atoms with E-state index in [9.17, 15) is 22.8 Å². The Balaban J connectivity index is 1.66. The van der Waals surface area contributed by atoms with Crippen LogP contribution in [0.5, 0.6) is 0 Å². The first kappa shape index (κ1) is 21.2. The minimum Gasteiger partial charge on any atom is -0.322 e. The number of carbonyl (C=O) groups excluding carboxylic acids is 2. The highest BCUT2D eigenvalue weighted by atomic mass is 19.4. The molecule has 0 saturated heterocycles. The van der Waals surface area contributed by atoms with Crippen molar-refractivity contribution in [2.24, 2.45) is 0 Å². The molecule has 0 aliphatic rings. The van der Waals surface area contributed by atoms with Gasteiger partial charge in [0.1, 0.15) is 0 Å². The molecule has 0 aliphatic heterocycles. The number of nitrogens with zero attached hydrogens (tertiary/aromatic N) is 3. The molecule has 0 unspecified atom stereocenters. The maximum Gasteiger partial charge on any atom is 0.416 e. The number of halogens is 3. The fourth-order valence-corrected chi connectivity index (χ4v) is 3.29. The molecular formula is C23H17F3N4O2. The highest BCUT2D eigenvalue weighted by Crippen LogP contribution is 2.31. The largest absolute Gasteiger partial charge is 0.416 e. The molecule has 0 spiro atoms. The molecule has 4 aromatic rings. The molecule has 2 aromatic carbocycles. The number of carbonyl (C=O) groups is 2. The van der Waals surface area contributed by atoms with E-state index in [4.69, 9.17) is 0 Å². The summed E-state index contributed by atoms with van der Waals surface area (Å²) in [5.74, 6) is -0.641. The van der Waals surface area contributed by atoms with Gasteiger partial charge < -0.3 is 5.32 Å². The van der Waals surface area contributed by atoms with Crippen molar-refractivity contribution >= 4 is 23.0 Å². The Bertz CT molecular complexity index is 1330. The van der Waals surface area contributed by atoms with Gasteiger partial charge in [-0.2, -0.15) is 18.3 Å². The second kappa shape index (κ2) is 8.26. The summed E-state index contributed by atoms with van der Waals surface area (Å²) in [4.78, 5) is 29.1. The van der Waals surface area contributed by atoms with Crippen molar-refractivity contribution in [2.75, 3.05) is 5.32 Å². The van der Waals surface area contributed by atoms with Crippen LogP contribution < -0.4 is 5.32 Å². The van der Waals surface area contributed by atoms with Crippen LogP contribution in [0.25, 0.3) is 16.9 Å². The summed E-state index contributed by atoms with van der Waals surface area (Å²) in [5.41, 5.74) is 1.50. The van der Waals surface area contributed by atoms with E-state index in [0.29, 0.717) is 28.9 Å². The van der Waals surface area contributed by atoms with Crippen molar-refractivity contribution < 1.29 is 22.8 Å². The number of amides is 1. The van der Waals surface area contributed by atoms with Crippen LogP contribution in [-0.2, 0) is 6.18 Å². The zero-order valence-corrected chi connectivity index (χ0v) is 16.8. The molecule has 1 N–H and O–H groups in total. The lowest BCUT2D eigenvalue weighted by molar-refractivity contribution is -0.137. The lowest BCUT2D eigenvalue weighted by Crippen LogP contribution is -2.13. The first-order chi connectivity index (χ1) is 15.3. The Hall–Kier alpha value is -4.01. The summed E-state index contributed by atoms with van der Waals surface area (Å²) >= 11 is 0. The fourth-order valence-electron chi connectivity index (χ4n) is 3.29. The van der Waals surface area contributed by atoms with Crippen molar-refractivity contribution in [3.05, 3.63) is 83.7 Å². The van der Waals surface area contributed by atoms with E-state index < -0.39 is 17.6 Å². The molecule has 2 heterocycles. The number of benzene rings is 2. The number of Topliss-reactive ketones (excluding diaryl/α,β-unsaturated/α-hetero) is 1. The molecule has 9 heteroatoms. The van der Waals surface area contributed by atoms with Gasteiger partial charge in [-0.1, -0.05) is 25.1 Å². The molecule has 1 amide bonds. The van der Waals surface area contributed by atoms with Crippen LogP contribution in [0.2, 0.25) is 0 Å². The minimum atomic E-state index is -4.50. The lowest BCUT2D eigenvalue weighted by Gasteiger charge is -2.11. The number of ketones is 1. The van der Waals surface area contributed by atoms with Gasteiger partial charge in [0.15, 0.2) is 11.4 Å². The van der Waals surface area contributed by atoms with Gasteiger partial charge in [0.2, 0.25) is 0 Å². The van der Waals surface area contributed by atoms with E-state index in [1.807, 2.05) is 0 Å². The van der Waals surface area contributed by atoms with Crippen LogP contribution in [0.15, 0.2) is 67.0 Å². The molecule has 0 fully saturated rings. The minimum absolute atomic E-state index is 0.0383. The van der Waals surface area contributed by atoms with Crippen LogP contribution >= 0.6 is 0 Å². The number of hydrogen-bond acceptors (Lipinski definition) is 4. The zero-order chi connectivity index (χ0) is 22.9. The summed E-state index contributed by atoms with van der Waals surface area (Å²) < 4.78 is 40.3. The van der Waals surface area contributed by atoms with Crippen LogP contribution in [0.3, 0.4) is 0 Å². The van der Waals surface area contributed by atoms with Crippen molar-refractivity contribution in [1.82, 2.24) is 14.6 Å². The van der Waals surface area contributed by atoms with Gasteiger partial charge >= 0.3 is 6.18 Å². The predicted octanol–water partition coefficient (Wildman–Crippen LogP) is 5.26. The van der Waals surface area contributed by atoms with E-state index in [0.717, 1.165) is 12.1 Å². The maximum atomic E-state index is 12.9. The molecule has 0 radical (unpaired) electrons. The molecule has 162 valence electrons. The second-order valence-corrected chi connectivity index (χ2v) is 7.01. The Morgan fingerprint density at radius 3 is 2.59 bits per heavy atom. The lowest BCUT2D eigenvalue weighted by atomic mass is 10.1. The van der Waals surface area contributed by atoms with Crippen LogP contribution in [0.1, 0.15) is 39.6 Å². The first-order valence-electron chi connectivity index (χ1n) is 9.73. The number of alkyl halides is 3. The van der Waals surface area contributed by atoms with E-state index in [2.05, 4.69) is 15.4 Å². The number of anilines is 1. The topological polar surface area (TPSA) is 76.4 Å². The second-order valence-electron chi connectivity index (χ2n) is 7.01. The van der Waals surface area contributed by atoms with Gasteiger partial charge in [0, 0.05) is 29.4 Å². The molecule has 0 saturated carbocycles. The summed E-state index contributed by atoms with van der Waals surface area (Å²) in [5, 5.41) is 6.76. The summed E-state index contributed by atoms with van der Waals surface area (Å²) in [6, 6.07) is 12.7. The van der Waals surface area contributed by atoms with Gasteiger partial charge in [0.25, 0.3) is 5.91 Å². The zero-order valence-electron chi connectivity index (χ0n) is 16.8. The van der Waals surface area contributed by atoms with Gasteiger partial charge in [-0.05, 0) is 36.4 Å². The number of fused-ring (bicyclic) bond motifs is 1. The van der Waals surface area contributed by atoms with E-state index in [1.165, 1.54) is 22.8 Å². The number of hydrogen-bond donors (Lipinski definition) is 1. The number of aromatic nitrogens is 3. The van der Waals surface area contributed by atoms with Gasteiger partial charge in [-0.15, -0.1) is 0 Å². The summed E-state index contributed by atoms with van der Waals surface area (Å²) in [6.07, 6.45) is -1.18. The average molecular weight is 438 g/mol. The third-order valence-corrected chi connectivity index (χ3v) is 4.89.